The van der Waals surface area contributed by atoms with Crippen molar-refractivity contribution in [1.82, 2.24) is 0 Å². The number of hydrogen-bond donors (Lipinski definition) is 1. The van der Waals surface area contributed by atoms with Crippen LogP contribution in [-0.2, 0) is 0 Å². The van der Waals surface area contributed by atoms with Gasteiger partial charge in [-0.25, -0.2) is 0 Å². The Hall–Kier alpha value is -0.460. The standard InChI is InChI=1S/C15H30O/c1-3-4-5-6-7-8-9-10-11-12-13-14-15(2)16/h14,16H,3-13H2,1-2H3. The van der Waals surface area contributed by atoms with E-state index in [1.54, 1.807) is 6.92 Å². The zero-order chi connectivity index (χ0) is 12.1. The van der Waals surface area contributed by atoms with Crippen LogP contribution in [0, 0.1) is 0 Å². The SMILES string of the molecule is CCCCCCCCCCCCC=C(C)O. The van der Waals surface area contributed by atoms with Gasteiger partial charge in [-0.1, -0.05) is 64.7 Å². The second kappa shape index (κ2) is 12.6. The van der Waals surface area contributed by atoms with Gasteiger partial charge in [0.05, 0.1) is 5.76 Å². The largest absolute Gasteiger partial charge is 0.513 e. The van der Waals surface area contributed by atoms with Gasteiger partial charge in [0.25, 0.3) is 0 Å². The molecule has 0 aliphatic heterocycles. The van der Waals surface area contributed by atoms with Crippen molar-refractivity contribution in [2.24, 2.45) is 0 Å². The highest BCUT2D eigenvalue weighted by Crippen LogP contribution is 2.11. The van der Waals surface area contributed by atoms with E-state index in [4.69, 9.17) is 5.11 Å². The lowest BCUT2D eigenvalue weighted by atomic mass is 10.1. The third kappa shape index (κ3) is 13.5. The number of allylic oxidation sites excluding steroid dienone is 2. The van der Waals surface area contributed by atoms with E-state index in [9.17, 15) is 0 Å². The summed E-state index contributed by atoms with van der Waals surface area (Å²) >= 11 is 0. The van der Waals surface area contributed by atoms with Crippen LogP contribution in [0.4, 0.5) is 0 Å². The Kier molecular flexibility index (Phi) is 12.2. The van der Waals surface area contributed by atoms with E-state index >= 15 is 0 Å². The number of rotatable bonds is 11. The van der Waals surface area contributed by atoms with Crippen molar-refractivity contribution in [1.29, 1.82) is 0 Å². The first-order valence-electron chi connectivity index (χ1n) is 7.13. The lowest BCUT2D eigenvalue weighted by Crippen LogP contribution is -1.81. The van der Waals surface area contributed by atoms with Gasteiger partial charge in [-0.15, -0.1) is 0 Å². The maximum atomic E-state index is 8.96. The van der Waals surface area contributed by atoms with Crippen molar-refractivity contribution in [3.05, 3.63) is 11.8 Å². The highest BCUT2D eigenvalue weighted by Gasteiger charge is 1.92. The van der Waals surface area contributed by atoms with Crippen LogP contribution >= 0.6 is 0 Å². The summed E-state index contributed by atoms with van der Waals surface area (Å²) in [7, 11) is 0. The summed E-state index contributed by atoms with van der Waals surface area (Å²) in [4.78, 5) is 0. The van der Waals surface area contributed by atoms with Crippen LogP contribution in [0.2, 0.25) is 0 Å². The van der Waals surface area contributed by atoms with Gasteiger partial charge in [0.2, 0.25) is 0 Å². The van der Waals surface area contributed by atoms with Crippen LogP contribution < -0.4 is 0 Å². The van der Waals surface area contributed by atoms with Gasteiger partial charge in [-0.3, -0.25) is 0 Å². The molecule has 0 amide bonds. The molecular weight excluding hydrogens is 196 g/mol. The summed E-state index contributed by atoms with van der Waals surface area (Å²) < 4.78 is 0. The molecule has 0 heterocycles. The molecule has 16 heavy (non-hydrogen) atoms. The minimum absolute atomic E-state index is 0.468. The van der Waals surface area contributed by atoms with Crippen LogP contribution in [0.15, 0.2) is 11.8 Å². The fourth-order valence-electron chi connectivity index (χ4n) is 1.94. The molecule has 1 nitrogen and oxygen atoms in total. The summed E-state index contributed by atoms with van der Waals surface area (Å²) in [6.45, 7) is 4.01. The predicted octanol–water partition coefficient (Wildman–Crippen LogP) is 5.76. The Morgan fingerprint density at radius 3 is 1.69 bits per heavy atom. The Morgan fingerprint density at radius 1 is 0.812 bits per heavy atom. The van der Waals surface area contributed by atoms with Crippen LogP contribution in [-0.4, -0.2) is 5.11 Å². The molecule has 0 aromatic heterocycles. The Balaban J connectivity index is 2.96. The van der Waals surface area contributed by atoms with E-state index in [1.165, 1.54) is 64.2 Å². The fourth-order valence-corrected chi connectivity index (χ4v) is 1.94. The normalized spacial score (nSPS) is 12.0. The number of hydrogen-bond acceptors (Lipinski definition) is 1. The first kappa shape index (κ1) is 15.5. The molecule has 0 aromatic carbocycles. The van der Waals surface area contributed by atoms with Crippen LogP contribution in [0.3, 0.4) is 0 Å². The van der Waals surface area contributed by atoms with E-state index in [0.717, 1.165) is 6.42 Å². The maximum Gasteiger partial charge on any atom is 0.0851 e. The van der Waals surface area contributed by atoms with Gasteiger partial charge in [0, 0.05) is 0 Å². The molecule has 0 aromatic rings. The molecule has 0 unspecified atom stereocenters. The smallest absolute Gasteiger partial charge is 0.0851 e. The molecule has 1 heteroatoms. The summed E-state index contributed by atoms with van der Waals surface area (Å²) in [5.41, 5.74) is 0. The summed E-state index contributed by atoms with van der Waals surface area (Å²) in [5.74, 6) is 0.468. The van der Waals surface area contributed by atoms with Gasteiger partial charge in [-0.2, -0.15) is 0 Å². The molecule has 0 fully saturated rings. The quantitative estimate of drug-likeness (QED) is 0.351. The van der Waals surface area contributed by atoms with E-state index < -0.39 is 0 Å². The Bertz CT molecular complexity index is 157. The Labute approximate surface area is 102 Å². The minimum atomic E-state index is 0.468. The van der Waals surface area contributed by atoms with E-state index in [0.29, 0.717) is 5.76 Å². The van der Waals surface area contributed by atoms with Crippen molar-refractivity contribution in [3.8, 4) is 0 Å². The molecule has 0 saturated heterocycles. The second-order valence-electron chi connectivity index (χ2n) is 4.82. The third-order valence-electron chi connectivity index (χ3n) is 3.00. The topological polar surface area (TPSA) is 20.2 Å². The lowest BCUT2D eigenvalue weighted by Gasteiger charge is -2.01. The monoisotopic (exact) mass is 226 g/mol. The average Bonchev–Trinajstić information content (AvgIpc) is 2.25. The van der Waals surface area contributed by atoms with Gasteiger partial charge in [0.15, 0.2) is 0 Å². The zero-order valence-electron chi connectivity index (χ0n) is 11.3. The van der Waals surface area contributed by atoms with Crippen molar-refractivity contribution in [2.75, 3.05) is 0 Å². The molecule has 96 valence electrons. The third-order valence-corrected chi connectivity index (χ3v) is 3.00. The maximum absolute atomic E-state index is 8.96. The molecule has 0 aliphatic carbocycles. The highest BCUT2D eigenvalue weighted by atomic mass is 16.3. The summed E-state index contributed by atoms with van der Waals surface area (Å²) in [6, 6.07) is 0. The van der Waals surface area contributed by atoms with E-state index in [-0.39, 0.29) is 0 Å². The Morgan fingerprint density at radius 2 is 1.25 bits per heavy atom. The summed E-state index contributed by atoms with van der Waals surface area (Å²) in [6.07, 6.45) is 16.7. The van der Waals surface area contributed by atoms with E-state index in [2.05, 4.69) is 6.92 Å². The van der Waals surface area contributed by atoms with Gasteiger partial charge >= 0.3 is 0 Å². The molecule has 0 bridgehead atoms. The molecule has 1 N–H and O–H groups in total. The molecule has 0 aliphatic rings. The summed E-state index contributed by atoms with van der Waals surface area (Å²) in [5, 5.41) is 8.96. The first-order valence-corrected chi connectivity index (χ1v) is 7.13. The van der Waals surface area contributed by atoms with Crippen molar-refractivity contribution >= 4 is 0 Å². The molecule has 0 spiro atoms. The predicted molar refractivity (Wildman–Crippen MR) is 72.8 cm³/mol. The highest BCUT2D eigenvalue weighted by molar-refractivity contribution is 4.85. The average molecular weight is 226 g/mol. The van der Waals surface area contributed by atoms with Crippen molar-refractivity contribution in [2.45, 2.75) is 84.5 Å². The van der Waals surface area contributed by atoms with Crippen molar-refractivity contribution < 1.29 is 5.11 Å². The molecule has 0 radical (unpaired) electrons. The van der Waals surface area contributed by atoms with Gasteiger partial charge < -0.3 is 5.11 Å². The molecule has 0 saturated carbocycles. The number of aliphatic hydroxyl groups excluding tert-OH is 1. The molecule has 0 rings (SSSR count). The first-order chi connectivity index (χ1) is 7.77. The van der Waals surface area contributed by atoms with Crippen LogP contribution in [0.25, 0.3) is 0 Å². The van der Waals surface area contributed by atoms with Crippen molar-refractivity contribution in [3.63, 3.8) is 0 Å². The molecule has 0 atom stereocenters. The number of unbranched alkanes of at least 4 members (excludes halogenated alkanes) is 10. The zero-order valence-corrected chi connectivity index (χ0v) is 11.3. The van der Waals surface area contributed by atoms with Crippen LogP contribution in [0.1, 0.15) is 84.5 Å². The van der Waals surface area contributed by atoms with Gasteiger partial charge in [-0.05, 0) is 25.8 Å². The fraction of sp³-hybridized carbons (Fsp3) is 0.867. The number of aliphatic hydroxyl groups is 1. The van der Waals surface area contributed by atoms with Crippen LogP contribution in [0.5, 0.6) is 0 Å². The van der Waals surface area contributed by atoms with E-state index in [1.807, 2.05) is 6.08 Å². The van der Waals surface area contributed by atoms with Gasteiger partial charge in [0.1, 0.15) is 0 Å². The minimum Gasteiger partial charge on any atom is -0.513 e. The molecular formula is C15H30O. The lowest BCUT2D eigenvalue weighted by molar-refractivity contribution is 0.410. The second-order valence-corrected chi connectivity index (χ2v) is 4.82.